The molecule has 0 radical (unpaired) electrons. The summed E-state index contributed by atoms with van der Waals surface area (Å²) in [6.07, 6.45) is 2.55. The van der Waals surface area contributed by atoms with E-state index < -0.39 is 15.8 Å². The number of rotatable bonds is 5. The molecular weight excluding hydrogens is 291 g/mol. The van der Waals surface area contributed by atoms with Crippen LogP contribution in [-0.2, 0) is 10.0 Å². The van der Waals surface area contributed by atoms with E-state index in [2.05, 4.69) is 5.32 Å². The molecule has 21 heavy (non-hydrogen) atoms. The van der Waals surface area contributed by atoms with E-state index in [9.17, 15) is 12.8 Å². The molecule has 1 aliphatic rings. The Kier molecular flexibility index (Phi) is 5.35. The van der Waals surface area contributed by atoms with Gasteiger partial charge in [0.2, 0.25) is 10.0 Å². The zero-order valence-corrected chi connectivity index (χ0v) is 13.4. The fourth-order valence-corrected chi connectivity index (χ4v) is 4.76. The van der Waals surface area contributed by atoms with Crippen molar-refractivity contribution >= 4 is 10.0 Å². The Morgan fingerprint density at radius 3 is 2.81 bits per heavy atom. The van der Waals surface area contributed by atoms with Gasteiger partial charge in [0.25, 0.3) is 0 Å². The Morgan fingerprint density at radius 1 is 1.43 bits per heavy atom. The minimum atomic E-state index is -3.66. The number of aryl methyl sites for hydroxylation is 1. The topological polar surface area (TPSA) is 49.4 Å². The zero-order valence-electron chi connectivity index (χ0n) is 12.6. The number of nitrogens with one attached hydrogen (secondary N) is 1. The van der Waals surface area contributed by atoms with Gasteiger partial charge in [0, 0.05) is 19.1 Å². The van der Waals surface area contributed by atoms with Crippen molar-refractivity contribution in [3.8, 4) is 0 Å². The molecule has 1 unspecified atom stereocenters. The quantitative estimate of drug-likeness (QED) is 0.907. The van der Waals surface area contributed by atoms with Gasteiger partial charge in [0.15, 0.2) is 0 Å². The second-order valence-electron chi connectivity index (χ2n) is 5.53. The first kappa shape index (κ1) is 16.4. The molecule has 0 aromatic heterocycles. The number of hydrogen-bond donors (Lipinski definition) is 1. The second kappa shape index (κ2) is 6.85. The number of hydrogen-bond acceptors (Lipinski definition) is 3. The highest BCUT2D eigenvalue weighted by molar-refractivity contribution is 7.89. The van der Waals surface area contributed by atoms with Crippen molar-refractivity contribution in [1.82, 2.24) is 9.62 Å². The van der Waals surface area contributed by atoms with E-state index in [-0.39, 0.29) is 10.9 Å². The smallest absolute Gasteiger partial charge is 0.243 e. The fraction of sp³-hybridized carbons (Fsp3) is 0.600. The van der Waals surface area contributed by atoms with Crippen LogP contribution in [0.1, 0.15) is 31.7 Å². The summed E-state index contributed by atoms with van der Waals surface area (Å²) in [6.45, 7) is 5.71. The molecule has 2 rings (SSSR count). The van der Waals surface area contributed by atoms with Gasteiger partial charge in [0.1, 0.15) is 5.82 Å². The molecule has 1 atom stereocenters. The van der Waals surface area contributed by atoms with Crippen LogP contribution in [0.4, 0.5) is 4.39 Å². The summed E-state index contributed by atoms with van der Waals surface area (Å²) < 4.78 is 40.9. The maximum Gasteiger partial charge on any atom is 0.243 e. The lowest BCUT2D eigenvalue weighted by atomic mass is 10.1. The highest BCUT2D eigenvalue weighted by atomic mass is 32.2. The number of halogens is 1. The molecule has 1 heterocycles. The van der Waals surface area contributed by atoms with Gasteiger partial charge in [-0.3, -0.25) is 0 Å². The first-order chi connectivity index (χ1) is 9.96. The van der Waals surface area contributed by atoms with Crippen LogP contribution in [0, 0.1) is 12.7 Å². The molecular formula is C15H23FN2O2S. The van der Waals surface area contributed by atoms with Crippen LogP contribution < -0.4 is 5.32 Å². The van der Waals surface area contributed by atoms with Crippen molar-refractivity contribution in [2.24, 2.45) is 0 Å². The molecule has 1 N–H and O–H groups in total. The molecule has 0 saturated carbocycles. The number of piperidine rings is 1. The van der Waals surface area contributed by atoms with Gasteiger partial charge in [-0.25, -0.2) is 12.8 Å². The average Bonchev–Trinajstić information content (AvgIpc) is 2.48. The van der Waals surface area contributed by atoms with Crippen molar-refractivity contribution in [3.63, 3.8) is 0 Å². The van der Waals surface area contributed by atoms with Crippen LogP contribution in [0.5, 0.6) is 0 Å². The molecule has 1 aliphatic heterocycles. The highest BCUT2D eigenvalue weighted by Crippen LogP contribution is 2.25. The largest absolute Gasteiger partial charge is 0.315 e. The van der Waals surface area contributed by atoms with Gasteiger partial charge >= 0.3 is 0 Å². The number of sulfonamides is 1. The van der Waals surface area contributed by atoms with E-state index in [1.54, 1.807) is 11.2 Å². The standard InChI is InChI=1S/C15H23FN2O2S/c1-3-9-18(14-5-4-8-17-11-14)21(19,20)15-10-13(16)7-6-12(15)2/h6-7,10,14,17H,3-5,8-9,11H2,1-2H3. The summed E-state index contributed by atoms with van der Waals surface area (Å²) in [5, 5.41) is 3.24. The maximum absolute atomic E-state index is 13.5. The van der Waals surface area contributed by atoms with Gasteiger partial charge < -0.3 is 5.32 Å². The molecule has 118 valence electrons. The fourth-order valence-electron chi connectivity index (χ4n) is 2.78. The molecule has 1 fully saturated rings. The van der Waals surface area contributed by atoms with E-state index in [1.165, 1.54) is 12.1 Å². The van der Waals surface area contributed by atoms with Crippen LogP contribution >= 0.6 is 0 Å². The van der Waals surface area contributed by atoms with Crippen LogP contribution in [-0.4, -0.2) is 38.4 Å². The average molecular weight is 314 g/mol. The third kappa shape index (κ3) is 3.62. The summed E-state index contributed by atoms with van der Waals surface area (Å²) in [7, 11) is -3.66. The van der Waals surface area contributed by atoms with Gasteiger partial charge in [0.05, 0.1) is 4.90 Å². The SMILES string of the molecule is CCCN(C1CCCNC1)S(=O)(=O)c1cc(F)ccc1C. The summed E-state index contributed by atoms with van der Waals surface area (Å²) in [5.74, 6) is -0.516. The lowest BCUT2D eigenvalue weighted by molar-refractivity contribution is 0.266. The summed E-state index contributed by atoms with van der Waals surface area (Å²) in [4.78, 5) is 0.0847. The van der Waals surface area contributed by atoms with Crippen LogP contribution in [0.3, 0.4) is 0 Å². The molecule has 0 amide bonds. The lowest BCUT2D eigenvalue weighted by Gasteiger charge is -2.34. The third-order valence-corrected chi connectivity index (χ3v) is 5.95. The third-order valence-electron chi connectivity index (χ3n) is 3.86. The maximum atomic E-state index is 13.5. The molecule has 0 aliphatic carbocycles. The molecule has 0 spiro atoms. The number of nitrogens with zero attached hydrogens (tertiary/aromatic N) is 1. The summed E-state index contributed by atoms with van der Waals surface area (Å²) in [6, 6.07) is 3.89. The van der Waals surface area contributed by atoms with Gasteiger partial charge in [-0.05, 0) is 50.4 Å². The summed E-state index contributed by atoms with van der Waals surface area (Å²) >= 11 is 0. The van der Waals surface area contributed by atoms with Gasteiger partial charge in [-0.15, -0.1) is 0 Å². The van der Waals surface area contributed by atoms with Crippen molar-refractivity contribution in [2.45, 2.75) is 44.0 Å². The van der Waals surface area contributed by atoms with Crippen LogP contribution in [0.15, 0.2) is 23.1 Å². The molecule has 6 heteroatoms. The predicted molar refractivity (Wildman–Crippen MR) is 81.2 cm³/mol. The van der Waals surface area contributed by atoms with E-state index in [4.69, 9.17) is 0 Å². The Balaban J connectivity index is 2.39. The van der Waals surface area contributed by atoms with Crippen molar-refractivity contribution in [3.05, 3.63) is 29.6 Å². The Morgan fingerprint density at radius 2 is 2.19 bits per heavy atom. The predicted octanol–water partition coefficient (Wildman–Crippen LogP) is 2.29. The Hall–Kier alpha value is -0.980. The monoisotopic (exact) mass is 314 g/mol. The highest BCUT2D eigenvalue weighted by Gasteiger charge is 2.32. The molecule has 1 aromatic rings. The molecule has 4 nitrogen and oxygen atoms in total. The lowest BCUT2D eigenvalue weighted by Crippen LogP contribution is -2.49. The van der Waals surface area contributed by atoms with E-state index in [0.29, 0.717) is 18.7 Å². The Bertz CT molecular complexity index is 583. The summed E-state index contributed by atoms with van der Waals surface area (Å²) in [5.41, 5.74) is 0.585. The van der Waals surface area contributed by atoms with Crippen molar-refractivity contribution in [2.75, 3.05) is 19.6 Å². The minimum Gasteiger partial charge on any atom is -0.315 e. The van der Waals surface area contributed by atoms with Crippen molar-refractivity contribution < 1.29 is 12.8 Å². The first-order valence-electron chi connectivity index (χ1n) is 7.45. The number of benzene rings is 1. The minimum absolute atomic E-state index is 0.0497. The van der Waals surface area contributed by atoms with E-state index in [0.717, 1.165) is 31.9 Å². The van der Waals surface area contributed by atoms with Crippen LogP contribution in [0.25, 0.3) is 0 Å². The normalized spacial score (nSPS) is 19.9. The first-order valence-corrected chi connectivity index (χ1v) is 8.89. The van der Waals surface area contributed by atoms with Crippen molar-refractivity contribution in [1.29, 1.82) is 0 Å². The van der Waals surface area contributed by atoms with Gasteiger partial charge in [-0.2, -0.15) is 4.31 Å². The van der Waals surface area contributed by atoms with E-state index >= 15 is 0 Å². The molecule has 1 aromatic carbocycles. The zero-order chi connectivity index (χ0) is 15.5. The van der Waals surface area contributed by atoms with Crippen LogP contribution in [0.2, 0.25) is 0 Å². The van der Waals surface area contributed by atoms with Gasteiger partial charge in [-0.1, -0.05) is 13.0 Å². The molecule has 0 bridgehead atoms. The second-order valence-corrected chi connectivity index (χ2v) is 7.38. The van der Waals surface area contributed by atoms with E-state index in [1.807, 2.05) is 6.92 Å². The molecule has 1 saturated heterocycles. The Labute approximate surface area is 126 Å².